The summed E-state index contributed by atoms with van der Waals surface area (Å²) < 4.78 is 6.44. The molecule has 1 aromatic carbocycles. The molecule has 3 nitrogen and oxygen atoms in total. The van der Waals surface area contributed by atoms with Gasteiger partial charge in [-0.05, 0) is 53.4 Å². The third-order valence-corrected chi connectivity index (χ3v) is 5.94. The maximum absolute atomic E-state index is 6.19. The zero-order chi connectivity index (χ0) is 14.2. The van der Waals surface area contributed by atoms with E-state index in [1.54, 1.807) is 11.8 Å². The highest BCUT2D eigenvalue weighted by Crippen LogP contribution is 2.37. The highest BCUT2D eigenvalue weighted by atomic mass is 79.9. The van der Waals surface area contributed by atoms with Gasteiger partial charge < -0.3 is 10.1 Å². The molecule has 0 bridgehead atoms. The van der Waals surface area contributed by atoms with Gasteiger partial charge in [-0.25, -0.2) is 0 Å². The minimum atomic E-state index is 0.0756. The van der Waals surface area contributed by atoms with Crippen LogP contribution >= 0.6 is 39.3 Å². The van der Waals surface area contributed by atoms with Gasteiger partial charge in [-0.1, -0.05) is 23.4 Å². The largest absolute Gasteiger partial charge is 0.381 e. The Balaban J connectivity index is 1.78. The molecule has 3 rings (SSSR count). The predicted octanol–water partition coefficient (Wildman–Crippen LogP) is 4.47. The Labute approximate surface area is 136 Å². The number of benzene rings is 1. The summed E-state index contributed by atoms with van der Waals surface area (Å²) >= 11 is 11.5. The molecule has 0 aliphatic carbocycles. The Kier molecular flexibility index (Phi) is 4.32. The van der Waals surface area contributed by atoms with Gasteiger partial charge >= 0.3 is 0 Å². The Morgan fingerprint density at radius 3 is 2.90 bits per heavy atom. The van der Waals surface area contributed by atoms with Gasteiger partial charge in [0.2, 0.25) is 0 Å². The average Bonchev–Trinajstić information content (AvgIpc) is 2.79. The number of hydrogen-bond acceptors (Lipinski definition) is 4. The minimum Gasteiger partial charge on any atom is -0.381 e. The maximum atomic E-state index is 6.19. The second-order valence-corrected chi connectivity index (χ2v) is 7.47. The molecule has 1 aromatic rings. The first-order chi connectivity index (χ1) is 9.58. The molecule has 0 aromatic heterocycles. The molecule has 0 unspecified atom stereocenters. The standard InChI is InChI=1S/C14H16BrClN2OS/c1-9-6-10(15)12(7-11(9)16)17-13-18-14(8-20-13)2-4-19-5-3-14/h6-7H,2-5,8H2,1H3,(H,17,18). The first-order valence-electron chi connectivity index (χ1n) is 6.61. The number of nitrogens with zero attached hydrogens (tertiary/aromatic N) is 1. The molecule has 2 aliphatic heterocycles. The van der Waals surface area contributed by atoms with Crippen LogP contribution in [0.15, 0.2) is 21.6 Å². The van der Waals surface area contributed by atoms with Crippen molar-refractivity contribution >= 4 is 50.1 Å². The molecule has 0 amide bonds. The van der Waals surface area contributed by atoms with Crippen LogP contribution in [0.2, 0.25) is 5.02 Å². The van der Waals surface area contributed by atoms with Crippen molar-refractivity contribution in [3.8, 4) is 0 Å². The summed E-state index contributed by atoms with van der Waals surface area (Å²) in [5.41, 5.74) is 2.11. The molecule has 1 spiro atoms. The lowest BCUT2D eigenvalue weighted by atomic mass is 9.93. The topological polar surface area (TPSA) is 33.6 Å². The van der Waals surface area contributed by atoms with Crippen LogP contribution in [-0.2, 0) is 4.74 Å². The monoisotopic (exact) mass is 374 g/mol. The number of ether oxygens (including phenoxy) is 1. The van der Waals surface area contributed by atoms with Crippen LogP contribution < -0.4 is 5.32 Å². The zero-order valence-corrected chi connectivity index (χ0v) is 14.4. The summed E-state index contributed by atoms with van der Waals surface area (Å²) in [7, 11) is 0. The van der Waals surface area contributed by atoms with Crippen molar-refractivity contribution in [2.45, 2.75) is 25.3 Å². The fourth-order valence-corrected chi connectivity index (χ4v) is 4.33. The number of anilines is 1. The van der Waals surface area contributed by atoms with Crippen LogP contribution in [-0.4, -0.2) is 29.7 Å². The van der Waals surface area contributed by atoms with Gasteiger partial charge in [-0.3, -0.25) is 4.99 Å². The number of amidine groups is 1. The fraction of sp³-hybridized carbons (Fsp3) is 0.500. The second kappa shape index (κ2) is 5.87. The average molecular weight is 376 g/mol. The summed E-state index contributed by atoms with van der Waals surface area (Å²) in [6.07, 6.45) is 2.03. The number of hydrogen-bond donors (Lipinski definition) is 1. The third-order valence-electron chi connectivity index (χ3n) is 3.73. The molecule has 1 saturated heterocycles. The first-order valence-corrected chi connectivity index (χ1v) is 8.77. The lowest BCUT2D eigenvalue weighted by Crippen LogP contribution is -2.34. The van der Waals surface area contributed by atoms with E-state index in [-0.39, 0.29) is 5.54 Å². The number of rotatable bonds is 1. The smallest absolute Gasteiger partial charge is 0.161 e. The Morgan fingerprint density at radius 2 is 2.15 bits per heavy atom. The quantitative estimate of drug-likeness (QED) is 0.786. The fourth-order valence-electron chi connectivity index (χ4n) is 2.41. The molecule has 0 atom stereocenters. The summed E-state index contributed by atoms with van der Waals surface area (Å²) in [5, 5.41) is 5.13. The zero-order valence-electron chi connectivity index (χ0n) is 11.2. The number of thioether (sulfide) groups is 1. The molecular weight excluding hydrogens is 360 g/mol. The minimum absolute atomic E-state index is 0.0756. The van der Waals surface area contributed by atoms with Crippen LogP contribution in [0, 0.1) is 6.92 Å². The number of halogens is 2. The molecule has 0 radical (unpaired) electrons. The molecule has 0 saturated carbocycles. The molecule has 20 heavy (non-hydrogen) atoms. The normalized spacial score (nSPS) is 21.1. The van der Waals surface area contributed by atoms with Crippen molar-refractivity contribution < 1.29 is 4.74 Å². The molecule has 2 aliphatic rings. The Hall–Kier alpha value is -0.230. The van der Waals surface area contributed by atoms with E-state index in [9.17, 15) is 0 Å². The SMILES string of the molecule is Cc1cc(Br)c(NC2=NC3(CCOCC3)CS2)cc1Cl. The lowest BCUT2D eigenvalue weighted by Gasteiger charge is -2.29. The molecular formula is C14H16BrClN2OS. The molecule has 108 valence electrons. The highest BCUT2D eigenvalue weighted by Gasteiger charge is 2.37. The van der Waals surface area contributed by atoms with Crippen LogP contribution in [0.4, 0.5) is 5.69 Å². The Morgan fingerprint density at radius 1 is 1.40 bits per heavy atom. The summed E-state index contributed by atoms with van der Waals surface area (Å²) in [6, 6.07) is 3.97. The van der Waals surface area contributed by atoms with Crippen molar-refractivity contribution in [2.24, 2.45) is 4.99 Å². The predicted molar refractivity (Wildman–Crippen MR) is 90.2 cm³/mol. The van der Waals surface area contributed by atoms with Crippen LogP contribution in [0.25, 0.3) is 0 Å². The van der Waals surface area contributed by atoms with Gasteiger partial charge in [0, 0.05) is 28.5 Å². The molecule has 2 heterocycles. The first kappa shape index (κ1) is 14.7. The lowest BCUT2D eigenvalue weighted by molar-refractivity contribution is 0.0624. The van der Waals surface area contributed by atoms with Crippen molar-refractivity contribution in [2.75, 3.05) is 24.3 Å². The van der Waals surface area contributed by atoms with E-state index in [1.807, 2.05) is 19.1 Å². The summed E-state index contributed by atoms with van der Waals surface area (Å²) in [6.45, 7) is 3.63. The van der Waals surface area contributed by atoms with Crippen molar-refractivity contribution in [1.82, 2.24) is 0 Å². The van der Waals surface area contributed by atoms with Gasteiger partial charge in [0.05, 0.1) is 11.2 Å². The summed E-state index contributed by atoms with van der Waals surface area (Å²) in [4.78, 5) is 4.89. The molecule has 1 fully saturated rings. The number of nitrogens with one attached hydrogen (secondary N) is 1. The number of aryl methyl sites for hydroxylation is 1. The molecule has 6 heteroatoms. The molecule has 1 N–H and O–H groups in total. The maximum Gasteiger partial charge on any atom is 0.161 e. The van der Waals surface area contributed by atoms with E-state index >= 15 is 0 Å². The van der Waals surface area contributed by atoms with E-state index in [0.717, 1.165) is 57.7 Å². The highest BCUT2D eigenvalue weighted by molar-refractivity contribution is 9.10. The van der Waals surface area contributed by atoms with Crippen LogP contribution in [0.3, 0.4) is 0 Å². The van der Waals surface area contributed by atoms with Crippen LogP contribution in [0.5, 0.6) is 0 Å². The van der Waals surface area contributed by atoms with Crippen molar-refractivity contribution in [1.29, 1.82) is 0 Å². The van der Waals surface area contributed by atoms with Gasteiger partial charge in [0.15, 0.2) is 5.17 Å². The second-order valence-electron chi connectivity index (χ2n) is 5.25. The van der Waals surface area contributed by atoms with E-state index in [4.69, 9.17) is 21.3 Å². The van der Waals surface area contributed by atoms with E-state index in [2.05, 4.69) is 21.2 Å². The van der Waals surface area contributed by atoms with Gasteiger partial charge in [0.25, 0.3) is 0 Å². The van der Waals surface area contributed by atoms with Crippen molar-refractivity contribution in [3.63, 3.8) is 0 Å². The van der Waals surface area contributed by atoms with Crippen molar-refractivity contribution in [3.05, 3.63) is 27.2 Å². The summed E-state index contributed by atoms with van der Waals surface area (Å²) in [5.74, 6) is 1.04. The van der Waals surface area contributed by atoms with Gasteiger partial charge in [-0.15, -0.1) is 0 Å². The van der Waals surface area contributed by atoms with Gasteiger partial charge in [0.1, 0.15) is 0 Å². The van der Waals surface area contributed by atoms with Gasteiger partial charge in [-0.2, -0.15) is 0 Å². The van der Waals surface area contributed by atoms with E-state index in [0.29, 0.717) is 0 Å². The van der Waals surface area contributed by atoms with E-state index in [1.165, 1.54) is 0 Å². The van der Waals surface area contributed by atoms with Crippen LogP contribution in [0.1, 0.15) is 18.4 Å². The Bertz CT molecular complexity index is 558. The van der Waals surface area contributed by atoms with E-state index < -0.39 is 0 Å². The number of aliphatic imine (C=N–C) groups is 1. The third kappa shape index (κ3) is 3.01.